The molecule has 2 aromatic rings. The van der Waals surface area contributed by atoms with Crippen LogP contribution < -0.4 is 10.1 Å². The van der Waals surface area contributed by atoms with Gasteiger partial charge in [-0.2, -0.15) is 0 Å². The minimum atomic E-state index is -0.617. The van der Waals surface area contributed by atoms with Crippen LogP contribution in [0.3, 0.4) is 0 Å². The molecular formula is C23H23NO6. The first kappa shape index (κ1) is 21.2. The van der Waals surface area contributed by atoms with Crippen molar-refractivity contribution in [2.24, 2.45) is 0 Å². The minimum absolute atomic E-state index is 0.00878. The number of ketones is 2. The van der Waals surface area contributed by atoms with Crippen molar-refractivity contribution in [2.45, 2.75) is 32.6 Å². The minimum Gasteiger partial charge on any atom is -0.494 e. The molecule has 7 heteroatoms. The highest BCUT2D eigenvalue weighted by Crippen LogP contribution is 2.32. The van der Waals surface area contributed by atoms with Crippen molar-refractivity contribution in [1.82, 2.24) is 0 Å². The number of amides is 1. The van der Waals surface area contributed by atoms with Gasteiger partial charge in [0.15, 0.2) is 18.2 Å². The molecule has 1 atom stereocenters. The van der Waals surface area contributed by atoms with E-state index in [1.54, 1.807) is 49.4 Å². The summed E-state index contributed by atoms with van der Waals surface area (Å²) in [5.74, 6) is -0.939. The zero-order chi connectivity index (χ0) is 21.7. The summed E-state index contributed by atoms with van der Waals surface area (Å²) in [4.78, 5) is 48.2. The van der Waals surface area contributed by atoms with Crippen LogP contribution in [0.15, 0.2) is 42.5 Å². The van der Waals surface area contributed by atoms with E-state index in [-0.39, 0.29) is 36.2 Å². The van der Waals surface area contributed by atoms with Gasteiger partial charge in [-0.25, -0.2) is 0 Å². The molecule has 0 saturated heterocycles. The lowest BCUT2D eigenvalue weighted by Gasteiger charge is -2.07. The second-order valence-corrected chi connectivity index (χ2v) is 6.98. The number of esters is 1. The van der Waals surface area contributed by atoms with Crippen molar-refractivity contribution >= 4 is 29.1 Å². The molecule has 3 rings (SSSR count). The molecule has 1 amide bonds. The molecule has 0 unspecified atom stereocenters. The van der Waals surface area contributed by atoms with Crippen LogP contribution in [0.2, 0.25) is 0 Å². The Labute approximate surface area is 174 Å². The van der Waals surface area contributed by atoms with Crippen LogP contribution in [-0.4, -0.2) is 36.7 Å². The van der Waals surface area contributed by atoms with Gasteiger partial charge < -0.3 is 14.8 Å². The number of ether oxygens (including phenoxy) is 2. The fraction of sp³-hybridized carbons (Fsp3) is 0.304. The summed E-state index contributed by atoms with van der Waals surface area (Å²) in [5, 5.41) is 2.74. The molecule has 0 bridgehead atoms. The summed E-state index contributed by atoms with van der Waals surface area (Å²) in [7, 11) is 0. The highest BCUT2D eigenvalue weighted by atomic mass is 16.5. The van der Waals surface area contributed by atoms with Crippen LogP contribution in [0, 0.1) is 0 Å². The number of benzene rings is 2. The summed E-state index contributed by atoms with van der Waals surface area (Å²) < 4.78 is 10.3. The Balaban J connectivity index is 1.47. The molecule has 0 fully saturated rings. The van der Waals surface area contributed by atoms with Crippen LogP contribution in [0.5, 0.6) is 5.75 Å². The number of hydrogen-bond acceptors (Lipinski definition) is 6. The predicted octanol–water partition coefficient (Wildman–Crippen LogP) is 3.53. The molecule has 1 N–H and O–H groups in total. The number of nitrogens with one attached hydrogen (secondary N) is 1. The van der Waals surface area contributed by atoms with Crippen molar-refractivity contribution in [1.29, 1.82) is 0 Å². The molecule has 0 spiro atoms. The highest BCUT2D eigenvalue weighted by Gasteiger charge is 2.27. The molecule has 30 heavy (non-hydrogen) atoms. The highest BCUT2D eigenvalue weighted by molar-refractivity contribution is 6.05. The van der Waals surface area contributed by atoms with Gasteiger partial charge >= 0.3 is 5.97 Å². The quantitative estimate of drug-likeness (QED) is 0.502. The SMILES string of the molecule is CCOc1ccc(C(=O)CCC(=O)OCC(=O)c2ccc3c(c2)[C@H](C)C(=O)N3)cc1. The van der Waals surface area contributed by atoms with Crippen LogP contribution >= 0.6 is 0 Å². The molecule has 0 radical (unpaired) electrons. The summed E-state index contributed by atoms with van der Waals surface area (Å²) >= 11 is 0. The van der Waals surface area contributed by atoms with Gasteiger partial charge in [0.25, 0.3) is 0 Å². The molecule has 1 aliphatic heterocycles. The van der Waals surface area contributed by atoms with Crippen LogP contribution in [-0.2, 0) is 14.3 Å². The van der Waals surface area contributed by atoms with Gasteiger partial charge in [0, 0.05) is 23.2 Å². The van der Waals surface area contributed by atoms with Gasteiger partial charge in [0.1, 0.15) is 5.75 Å². The van der Waals surface area contributed by atoms with E-state index in [1.165, 1.54) is 0 Å². The van der Waals surface area contributed by atoms with E-state index in [0.29, 0.717) is 29.2 Å². The molecule has 7 nitrogen and oxygen atoms in total. The first-order chi connectivity index (χ1) is 14.4. The van der Waals surface area contributed by atoms with Crippen LogP contribution in [0.25, 0.3) is 0 Å². The van der Waals surface area contributed by atoms with Gasteiger partial charge in [0.05, 0.1) is 18.9 Å². The number of rotatable bonds is 9. The number of carbonyl (C=O) groups excluding carboxylic acids is 4. The average Bonchev–Trinajstić information content (AvgIpc) is 3.04. The lowest BCUT2D eigenvalue weighted by molar-refractivity contribution is -0.142. The molecular weight excluding hydrogens is 386 g/mol. The summed E-state index contributed by atoms with van der Waals surface area (Å²) in [5.41, 5.74) is 2.29. The van der Waals surface area contributed by atoms with Gasteiger partial charge in [-0.05, 0) is 61.9 Å². The topological polar surface area (TPSA) is 98.8 Å². The Bertz CT molecular complexity index is 980. The van der Waals surface area contributed by atoms with E-state index in [9.17, 15) is 19.2 Å². The Morgan fingerprint density at radius 2 is 1.67 bits per heavy atom. The monoisotopic (exact) mass is 409 g/mol. The number of fused-ring (bicyclic) bond motifs is 1. The Kier molecular flexibility index (Phi) is 6.61. The Morgan fingerprint density at radius 1 is 0.967 bits per heavy atom. The molecule has 0 saturated carbocycles. The second kappa shape index (κ2) is 9.35. The molecule has 2 aromatic carbocycles. The fourth-order valence-corrected chi connectivity index (χ4v) is 3.16. The van der Waals surface area contributed by atoms with E-state index in [1.807, 2.05) is 6.92 Å². The van der Waals surface area contributed by atoms with Crippen LogP contribution in [0.1, 0.15) is 58.9 Å². The van der Waals surface area contributed by atoms with Crippen molar-refractivity contribution in [3.05, 3.63) is 59.2 Å². The van der Waals surface area contributed by atoms with E-state index >= 15 is 0 Å². The molecule has 1 heterocycles. The maximum absolute atomic E-state index is 12.3. The number of anilines is 1. The maximum Gasteiger partial charge on any atom is 0.306 e. The van der Waals surface area contributed by atoms with Gasteiger partial charge in [-0.1, -0.05) is 0 Å². The smallest absolute Gasteiger partial charge is 0.306 e. The van der Waals surface area contributed by atoms with Crippen molar-refractivity contribution in [3.8, 4) is 5.75 Å². The fourth-order valence-electron chi connectivity index (χ4n) is 3.16. The average molecular weight is 409 g/mol. The third-order valence-corrected chi connectivity index (χ3v) is 4.90. The largest absolute Gasteiger partial charge is 0.494 e. The zero-order valence-electron chi connectivity index (χ0n) is 16.9. The van der Waals surface area contributed by atoms with E-state index in [4.69, 9.17) is 9.47 Å². The Morgan fingerprint density at radius 3 is 2.37 bits per heavy atom. The number of hydrogen-bond donors (Lipinski definition) is 1. The Hall–Kier alpha value is -3.48. The molecule has 0 aromatic heterocycles. The van der Waals surface area contributed by atoms with Crippen LogP contribution in [0.4, 0.5) is 5.69 Å². The first-order valence-corrected chi connectivity index (χ1v) is 9.78. The third-order valence-electron chi connectivity index (χ3n) is 4.90. The zero-order valence-corrected chi connectivity index (χ0v) is 16.9. The standard InChI is InChI=1S/C23H23NO6/c1-3-29-17-7-4-15(5-8-17)20(25)10-11-22(27)30-13-21(26)16-6-9-19-18(12-16)14(2)23(28)24-19/h4-9,12,14H,3,10-11,13H2,1-2H3,(H,24,28)/t14-/m0/s1. The van der Waals surface area contributed by atoms with E-state index in [0.717, 1.165) is 5.56 Å². The number of Topliss-reactive ketones (excluding diaryl/α,β-unsaturated/α-hetero) is 2. The summed E-state index contributed by atoms with van der Waals surface area (Å²) in [6, 6.07) is 11.6. The first-order valence-electron chi connectivity index (χ1n) is 9.78. The van der Waals surface area contributed by atoms with Crippen molar-refractivity contribution < 1.29 is 28.7 Å². The van der Waals surface area contributed by atoms with Gasteiger partial charge in [0.2, 0.25) is 5.91 Å². The summed E-state index contributed by atoms with van der Waals surface area (Å²) in [6.07, 6.45) is -0.121. The van der Waals surface area contributed by atoms with Gasteiger partial charge in [-0.15, -0.1) is 0 Å². The number of carbonyl (C=O) groups is 4. The summed E-state index contributed by atoms with van der Waals surface area (Å²) in [6.45, 7) is 3.76. The molecule has 156 valence electrons. The third kappa shape index (κ3) is 4.92. The second-order valence-electron chi connectivity index (χ2n) is 6.98. The van der Waals surface area contributed by atoms with E-state index < -0.39 is 12.6 Å². The van der Waals surface area contributed by atoms with Crippen molar-refractivity contribution in [2.75, 3.05) is 18.5 Å². The predicted molar refractivity (Wildman–Crippen MR) is 110 cm³/mol. The van der Waals surface area contributed by atoms with E-state index in [2.05, 4.69) is 5.32 Å². The maximum atomic E-state index is 12.3. The molecule has 1 aliphatic rings. The normalized spacial score (nSPS) is 14.6. The van der Waals surface area contributed by atoms with Gasteiger partial charge in [-0.3, -0.25) is 19.2 Å². The molecule has 0 aliphatic carbocycles. The lowest BCUT2D eigenvalue weighted by atomic mass is 9.99. The van der Waals surface area contributed by atoms with Crippen molar-refractivity contribution in [3.63, 3.8) is 0 Å². The lowest BCUT2D eigenvalue weighted by Crippen LogP contribution is -2.15.